The standard InChI is InChI=1S/2C8H17.C4H4O6S.Ca/c2*1-3-5-7-8-6-4-2;5-3(6)1-2(4(7)8)11(9)10;/h2*1,3-8H2,2H3;1H2,(H,5,6)(H,7,8);/q2*-1;;+2. The molecule has 0 bridgehead atoms. The van der Waals surface area contributed by atoms with E-state index in [0.717, 1.165) is 12.8 Å². The molecule has 0 aliphatic carbocycles. The summed E-state index contributed by atoms with van der Waals surface area (Å²) in [5.41, 5.74) is 0. The van der Waals surface area contributed by atoms with Gasteiger partial charge in [-0.3, -0.25) is 4.79 Å². The van der Waals surface area contributed by atoms with Gasteiger partial charge in [-0.25, -0.2) is 4.79 Å². The maximum Gasteiger partial charge on any atom is 2.00 e. The Bertz CT molecular complexity index is 457. The molecule has 0 aromatic heterocycles. The van der Waals surface area contributed by atoms with Crippen molar-refractivity contribution in [2.24, 2.45) is 0 Å². The zero-order chi connectivity index (χ0) is 21.5. The van der Waals surface area contributed by atoms with Crippen LogP contribution in [-0.2, 0) is 19.9 Å². The summed E-state index contributed by atoms with van der Waals surface area (Å²) in [4.78, 5) is 18.8. The van der Waals surface area contributed by atoms with E-state index < -0.39 is 33.5 Å². The van der Waals surface area contributed by atoms with Crippen LogP contribution in [0.1, 0.15) is 97.3 Å². The van der Waals surface area contributed by atoms with E-state index in [4.69, 9.17) is 10.2 Å². The maximum atomic E-state index is 10.00. The SMILES string of the molecule is O=C(O)CC(C(=O)O)=S(=O)=O.[CH2-]CCCCCCC.[CH2-]CCCCCCC.[Ca+2]. The average molecular weight is 447 g/mol. The van der Waals surface area contributed by atoms with Crippen LogP contribution in [0.5, 0.6) is 0 Å². The Labute approximate surface area is 203 Å². The Balaban J connectivity index is -0.000000155. The zero-order valence-corrected chi connectivity index (χ0v) is 20.8. The Morgan fingerprint density at radius 1 is 0.750 bits per heavy atom. The van der Waals surface area contributed by atoms with E-state index in [0.29, 0.717) is 0 Å². The second kappa shape index (κ2) is 29.1. The summed E-state index contributed by atoms with van der Waals surface area (Å²) >= 11 is 0. The quantitative estimate of drug-likeness (QED) is 0.185. The summed E-state index contributed by atoms with van der Waals surface area (Å²) in [7, 11) is -2.97. The van der Waals surface area contributed by atoms with Gasteiger partial charge < -0.3 is 24.1 Å². The van der Waals surface area contributed by atoms with Gasteiger partial charge in [-0.2, -0.15) is 21.3 Å². The first-order chi connectivity index (χ1) is 12.8. The molecule has 0 aliphatic rings. The van der Waals surface area contributed by atoms with Crippen LogP contribution >= 0.6 is 0 Å². The van der Waals surface area contributed by atoms with Crippen molar-refractivity contribution >= 4 is 64.8 Å². The van der Waals surface area contributed by atoms with Crippen molar-refractivity contribution in [3.8, 4) is 0 Å². The largest absolute Gasteiger partial charge is 2.00 e. The Hall–Kier alpha value is -0.110. The molecule has 0 saturated carbocycles. The summed E-state index contributed by atoms with van der Waals surface area (Å²) in [5.74, 6) is -3.23. The predicted molar refractivity (Wildman–Crippen MR) is 117 cm³/mol. The maximum absolute atomic E-state index is 10.00. The van der Waals surface area contributed by atoms with Gasteiger partial charge in [-0.05, 0) is 0 Å². The molecule has 8 heteroatoms. The van der Waals surface area contributed by atoms with Crippen molar-refractivity contribution in [2.45, 2.75) is 97.3 Å². The minimum absolute atomic E-state index is 0. The molecule has 0 aromatic carbocycles. The van der Waals surface area contributed by atoms with Crippen LogP contribution in [0.15, 0.2) is 0 Å². The van der Waals surface area contributed by atoms with Gasteiger partial charge in [-0.1, -0.05) is 78.1 Å². The van der Waals surface area contributed by atoms with Crippen molar-refractivity contribution in [1.29, 1.82) is 0 Å². The zero-order valence-electron chi connectivity index (χ0n) is 17.7. The van der Waals surface area contributed by atoms with Gasteiger partial charge in [0.25, 0.3) is 0 Å². The molecule has 0 aliphatic heterocycles. The number of carboxylic acid groups (broad SMARTS) is 2. The monoisotopic (exact) mass is 446 g/mol. The van der Waals surface area contributed by atoms with Crippen LogP contribution in [0.2, 0.25) is 0 Å². The van der Waals surface area contributed by atoms with Crippen LogP contribution in [-0.4, -0.2) is 73.2 Å². The minimum Gasteiger partial charge on any atom is -0.481 e. The van der Waals surface area contributed by atoms with Gasteiger partial charge in [0.1, 0.15) is 0 Å². The number of aliphatic carboxylic acids is 2. The molecule has 0 radical (unpaired) electrons. The van der Waals surface area contributed by atoms with E-state index in [-0.39, 0.29) is 37.7 Å². The van der Waals surface area contributed by atoms with E-state index in [2.05, 4.69) is 27.7 Å². The molecule has 0 aromatic rings. The molecular formula is C20H38CaO6S. The molecule has 0 rings (SSSR count). The third-order valence-electron chi connectivity index (χ3n) is 3.46. The van der Waals surface area contributed by atoms with Gasteiger partial charge in [0.2, 0.25) is 10.3 Å². The fourth-order valence-corrected chi connectivity index (χ4v) is 2.29. The van der Waals surface area contributed by atoms with Crippen molar-refractivity contribution in [3.05, 3.63) is 13.8 Å². The molecule has 2 N–H and O–H groups in total. The summed E-state index contributed by atoms with van der Waals surface area (Å²) in [6.45, 7) is 12.0. The van der Waals surface area contributed by atoms with Crippen molar-refractivity contribution < 1.29 is 28.2 Å². The minimum atomic E-state index is -2.97. The smallest absolute Gasteiger partial charge is 0.481 e. The number of hydrogen-bond donors (Lipinski definition) is 2. The van der Waals surface area contributed by atoms with E-state index in [1.54, 1.807) is 0 Å². The molecule has 0 heterocycles. The van der Waals surface area contributed by atoms with Crippen LogP contribution < -0.4 is 0 Å². The molecule has 0 fully saturated rings. The van der Waals surface area contributed by atoms with Gasteiger partial charge in [0, 0.05) is 0 Å². The van der Waals surface area contributed by atoms with Gasteiger partial charge >= 0.3 is 49.7 Å². The summed E-state index contributed by atoms with van der Waals surface area (Å²) in [5, 5.41) is 16.1. The molecule has 162 valence electrons. The second-order valence-electron chi connectivity index (χ2n) is 6.07. The Morgan fingerprint density at radius 3 is 1.29 bits per heavy atom. The Morgan fingerprint density at radius 2 is 1.11 bits per heavy atom. The first kappa shape index (κ1) is 35.3. The predicted octanol–water partition coefficient (Wildman–Crippen LogP) is 4.58. The second-order valence-corrected chi connectivity index (χ2v) is 7.03. The van der Waals surface area contributed by atoms with Crippen LogP contribution in [0.3, 0.4) is 0 Å². The number of unbranched alkanes of at least 4 members (excludes halogenated alkanes) is 10. The topological polar surface area (TPSA) is 109 Å². The first-order valence-electron chi connectivity index (χ1n) is 9.76. The van der Waals surface area contributed by atoms with Gasteiger partial charge in [0.05, 0.1) is 6.42 Å². The molecule has 0 spiro atoms. The molecule has 0 saturated heterocycles. The number of carbonyl (C=O) groups is 2. The molecule has 0 amide bonds. The van der Waals surface area contributed by atoms with Crippen molar-refractivity contribution in [2.75, 3.05) is 0 Å². The Kier molecular flexibility index (Phi) is 36.7. The first-order valence-corrected chi connectivity index (χ1v) is 10.8. The molecule has 6 nitrogen and oxygen atoms in total. The molecular weight excluding hydrogens is 408 g/mol. The fraction of sp³-hybridized carbons (Fsp3) is 0.750. The fourth-order valence-electron chi connectivity index (χ4n) is 1.90. The van der Waals surface area contributed by atoms with Gasteiger partial charge in [-0.15, -0.1) is 0 Å². The number of carboxylic acids is 2. The number of hydrogen-bond acceptors (Lipinski definition) is 4. The van der Waals surface area contributed by atoms with Crippen LogP contribution in [0.4, 0.5) is 0 Å². The van der Waals surface area contributed by atoms with E-state index >= 15 is 0 Å². The normalized spacial score (nSPS) is 9.00. The molecule has 0 atom stereocenters. The van der Waals surface area contributed by atoms with Gasteiger partial charge in [0.15, 0.2) is 4.86 Å². The third-order valence-corrected chi connectivity index (χ3v) is 4.18. The van der Waals surface area contributed by atoms with E-state index in [9.17, 15) is 18.0 Å². The number of rotatable bonds is 13. The van der Waals surface area contributed by atoms with Crippen molar-refractivity contribution in [1.82, 2.24) is 0 Å². The van der Waals surface area contributed by atoms with Crippen molar-refractivity contribution in [3.63, 3.8) is 0 Å². The van der Waals surface area contributed by atoms with Crippen LogP contribution in [0.25, 0.3) is 0 Å². The van der Waals surface area contributed by atoms with E-state index in [1.165, 1.54) is 64.2 Å². The van der Waals surface area contributed by atoms with E-state index in [1.807, 2.05) is 0 Å². The molecule has 0 unspecified atom stereocenters. The third kappa shape index (κ3) is 33.5. The molecule has 28 heavy (non-hydrogen) atoms. The summed E-state index contributed by atoms with van der Waals surface area (Å²) in [6.07, 6.45) is 15.0. The summed E-state index contributed by atoms with van der Waals surface area (Å²) < 4.78 is 20.0. The average Bonchev–Trinajstić information content (AvgIpc) is 2.61. The summed E-state index contributed by atoms with van der Waals surface area (Å²) in [6, 6.07) is 0. The van der Waals surface area contributed by atoms with Crippen LogP contribution in [0, 0.1) is 13.8 Å².